The molecule has 0 atom stereocenters. The first-order chi connectivity index (χ1) is 10.0. The van der Waals surface area contributed by atoms with Crippen molar-refractivity contribution in [3.05, 3.63) is 51.3 Å². The summed E-state index contributed by atoms with van der Waals surface area (Å²) < 4.78 is 13.8. The summed E-state index contributed by atoms with van der Waals surface area (Å²) in [5.41, 5.74) is 0.594. The zero-order valence-corrected chi connectivity index (χ0v) is 13.4. The van der Waals surface area contributed by atoms with Crippen molar-refractivity contribution >= 4 is 44.9 Å². The maximum absolute atomic E-state index is 13.2. The van der Waals surface area contributed by atoms with Crippen LogP contribution in [-0.2, 0) is 0 Å². The van der Waals surface area contributed by atoms with Crippen LogP contribution in [0.25, 0.3) is 0 Å². The van der Waals surface area contributed by atoms with Gasteiger partial charge in [0.2, 0.25) is 0 Å². The Morgan fingerprint density at radius 2 is 2.19 bits per heavy atom. The van der Waals surface area contributed by atoms with Crippen LogP contribution in [0.5, 0.6) is 0 Å². The zero-order chi connectivity index (χ0) is 15.4. The van der Waals surface area contributed by atoms with E-state index in [1.807, 2.05) is 6.92 Å². The van der Waals surface area contributed by atoms with Gasteiger partial charge in [0.05, 0.1) is 16.3 Å². The molecular formula is C14H12BrClFN3O. The lowest BCUT2D eigenvalue weighted by atomic mass is 10.2. The number of aromatic nitrogens is 1. The highest BCUT2D eigenvalue weighted by atomic mass is 79.9. The van der Waals surface area contributed by atoms with Gasteiger partial charge in [0.1, 0.15) is 11.6 Å². The van der Waals surface area contributed by atoms with Crippen LogP contribution in [0.2, 0.25) is 5.02 Å². The molecule has 1 amide bonds. The summed E-state index contributed by atoms with van der Waals surface area (Å²) >= 11 is 9.24. The van der Waals surface area contributed by atoms with Crippen LogP contribution in [0.15, 0.2) is 34.9 Å². The third-order valence-electron chi connectivity index (χ3n) is 2.63. The summed E-state index contributed by atoms with van der Waals surface area (Å²) in [6, 6.07) is 5.59. The first-order valence-electron chi connectivity index (χ1n) is 6.17. The molecule has 0 unspecified atom stereocenters. The molecule has 0 fully saturated rings. The second-order valence-corrected chi connectivity index (χ2v) is 5.42. The molecule has 2 aromatic rings. The van der Waals surface area contributed by atoms with E-state index in [0.717, 1.165) is 0 Å². The Labute approximate surface area is 134 Å². The number of anilines is 2. The van der Waals surface area contributed by atoms with Crippen LogP contribution < -0.4 is 10.6 Å². The summed E-state index contributed by atoms with van der Waals surface area (Å²) in [7, 11) is 0. The van der Waals surface area contributed by atoms with E-state index in [9.17, 15) is 9.18 Å². The van der Waals surface area contributed by atoms with Gasteiger partial charge in [0.25, 0.3) is 5.91 Å². The molecule has 1 aromatic heterocycles. The molecule has 0 bridgehead atoms. The zero-order valence-electron chi connectivity index (χ0n) is 11.1. The van der Waals surface area contributed by atoms with Crippen LogP contribution in [0.3, 0.4) is 0 Å². The van der Waals surface area contributed by atoms with Crippen LogP contribution in [0, 0.1) is 5.82 Å². The Bertz CT molecular complexity index is 681. The van der Waals surface area contributed by atoms with Gasteiger partial charge < -0.3 is 10.6 Å². The van der Waals surface area contributed by atoms with Gasteiger partial charge in [-0.25, -0.2) is 9.37 Å². The second-order valence-electron chi connectivity index (χ2n) is 4.16. The van der Waals surface area contributed by atoms with Crippen molar-refractivity contribution in [1.82, 2.24) is 4.98 Å². The average Bonchev–Trinajstić information content (AvgIpc) is 2.45. The molecule has 110 valence electrons. The van der Waals surface area contributed by atoms with Crippen LogP contribution >= 0.6 is 27.5 Å². The number of halogens is 3. The number of amides is 1. The Hall–Kier alpha value is -1.66. The van der Waals surface area contributed by atoms with Crippen LogP contribution in [0.1, 0.15) is 17.3 Å². The van der Waals surface area contributed by atoms with E-state index in [4.69, 9.17) is 11.6 Å². The summed E-state index contributed by atoms with van der Waals surface area (Å²) in [5, 5.41) is 5.83. The molecule has 4 nitrogen and oxygen atoms in total. The largest absolute Gasteiger partial charge is 0.370 e. The van der Waals surface area contributed by atoms with Crippen LogP contribution in [0.4, 0.5) is 15.9 Å². The van der Waals surface area contributed by atoms with Crippen molar-refractivity contribution in [3.8, 4) is 0 Å². The number of carbonyl (C=O) groups is 1. The highest BCUT2D eigenvalue weighted by Gasteiger charge is 2.14. The van der Waals surface area contributed by atoms with E-state index in [0.29, 0.717) is 22.5 Å². The molecule has 1 heterocycles. The van der Waals surface area contributed by atoms with Crippen molar-refractivity contribution in [2.45, 2.75) is 6.92 Å². The fourth-order valence-electron chi connectivity index (χ4n) is 1.67. The lowest BCUT2D eigenvalue weighted by Gasteiger charge is -2.10. The Balaban J connectivity index is 2.27. The topological polar surface area (TPSA) is 54.0 Å². The van der Waals surface area contributed by atoms with Crippen molar-refractivity contribution < 1.29 is 9.18 Å². The van der Waals surface area contributed by atoms with Gasteiger partial charge in [-0.15, -0.1) is 0 Å². The molecule has 1 aromatic carbocycles. The molecule has 0 spiro atoms. The van der Waals surface area contributed by atoms with Gasteiger partial charge in [-0.05, 0) is 47.1 Å². The molecule has 2 N–H and O–H groups in total. The molecule has 7 heteroatoms. The van der Waals surface area contributed by atoms with Gasteiger partial charge in [0.15, 0.2) is 0 Å². The SMILES string of the molecule is CCNc1cc(C(=O)Nc2cc(F)ccc2Br)c(Cl)cn1. The van der Waals surface area contributed by atoms with E-state index in [1.54, 1.807) is 6.07 Å². The van der Waals surface area contributed by atoms with E-state index in [1.165, 1.54) is 24.4 Å². The Morgan fingerprint density at radius 1 is 1.43 bits per heavy atom. The number of pyridine rings is 1. The number of nitrogens with zero attached hydrogens (tertiary/aromatic N) is 1. The van der Waals surface area contributed by atoms with E-state index in [2.05, 4.69) is 31.5 Å². The summed E-state index contributed by atoms with van der Waals surface area (Å²) in [6.07, 6.45) is 1.40. The molecule has 2 rings (SSSR count). The fourth-order valence-corrected chi connectivity index (χ4v) is 2.21. The fraction of sp³-hybridized carbons (Fsp3) is 0.143. The third-order valence-corrected chi connectivity index (χ3v) is 3.63. The van der Waals surface area contributed by atoms with Crippen LogP contribution in [-0.4, -0.2) is 17.4 Å². The molecule has 0 aliphatic carbocycles. The summed E-state index contributed by atoms with van der Waals surface area (Å²) in [6.45, 7) is 2.59. The molecule has 21 heavy (non-hydrogen) atoms. The minimum absolute atomic E-state index is 0.224. The second kappa shape index (κ2) is 6.87. The number of hydrogen-bond donors (Lipinski definition) is 2. The number of rotatable bonds is 4. The maximum atomic E-state index is 13.2. The van der Waals surface area contributed by atoms with Gasteiger partial charge in [-0.1, -0.05) is 11.6 Å². The quantitative estimate of drug-likeness (QED) is 0.840. The minimum atomic E-state index is -0.442. The average molecular weight is 373 g/mol. The number of nitrogens with one attached hydrogen (secondary N) is 2. The minimum Gasteiger partial charge on any atom is -0.370 e. The van der Waals surface area contributed by atoms with Crippen molar-refractivity contribution in [1.29, 1.82) is 0 Å². The smallest absolute Gasteiger partial charge is 0.257 e. The lowest BCUT2D eigenvalue weighted by Crippen LogP contribution is -2.14. The first kappa shape index (κ1) is 15.7. The standard InChI is InChI=1S/C14H12BrClFN3O/c1-2-18-13-6-9(11(16)7-19-13)14(21)20-12-5-8(17)3-4-10(12)15/h3-7H,2H2,1H3,(H,18,19)(H,20,21). The number of carbonyl (C=O) groups excluding carboxylic acids is 1. The van der Waals surface area contributed by atoms with Crippen molar-refractivity contribution in [2.24, 2.45) is 0 Å². The molecule has 0 saturated heterocycles. The van der Waals surface area contributed by atoms with Crippen molar-refractivity contribution in [2.75, 3.05) is 17.2 Å². The Kier molecular flexibility index (Phi) is 5.14. The molecular weight excluding hydrogens is 361 g/mol. The van der Waals surface area contributed by atoms with Gasteiger partial charge in [-0.3, -0.25) is 4.79 Å². The monoisotopic (exact) mass is 371 g/mol. The summed E-state index contributed by atoms with van der Waals surface area (Å²) in [4.78, 5) is 16.3. The number of hydrogen-bond acceptors (Lipinski definition) is 3. The van der Waals surface area contributed by atoms with Gasteiger partial charge in [-0.2, -0.15) is 0 Å². The first-order valence-corrected chi connectivity index (χ1v) is 7.34. The predicted octanol–water partition coefficient (Wildman–Crippen LogP) is 4.32. The van der Waals surface area contributed by atoms with E-state index >= 15 is 0 Å². The third kappa shape index (κ3) is 3.92. The predicted molar refractivity (Wildman–Crippen MR) is 85.5 cm³/mol. The van der Waals surface area contributed by atoms with Crippen molar-refractivity contribution in [3.63, 3.8) is 0 Å². The number of benzene rings is 1. The molecule has 0 aliphatic rings. The van der Waals surface area contributed by atoms with E-state index in [-0.39, 0.29) is 10.6 Å². The van der Waals surface area contributed by atoms with Gasteiger partial charge in [0, 0.05) is 17.2 Å². The highest BCUT2D eigenvalue weighted by molar-refractivity contribution is 9.10. The summed E-state index contributed by atoms with van der Waals surface area (Å²) in [5.74, 6) is -0.333. The molecule has 0 radical (unpaired) electrons. The highest BCUT2D eigenvalue weighted by Crippen LogP contribution is 2.25. The Morgan fingerprint density at radius 3 is 2.90 bits per heavy atom. The molecule has 0 saturated carbocycles. The van der Waals surface area contributed by atoms with E-state index < -0.39 is 11.7 Å². The molecule has 0 aliphatic heterocycles. The van der Waals surface area contributed by atoms with Gasteiger partial charge >= 0.3 is 0 Å². The lowest BCUT2D eigenvalue weighted by molar-refractivity contribution is 0.102. The maximum Gasteiger partial charge on any atom is 0.257 e. The normalized spacial score (nSPS) is 10.3.